The molecule has 0 amide bonds. The molecule has 94 valence electrons. The van der Waals surface area contributed by atoms with Crippen molar-refractivity contribution in [3.63, 3.8) is 0 Å². The fraction of sp³-hybridized carbons (Fsp3) is 0.167. The van der Waals surface area contributed by atoms with Crippen molar-refractivity contribution < 1.29 is 9.13 Å². The van der Waals surface area contributed by atoms with Crippen LogP contribution in [0.1, 0.15) is 5.69 Å². The summed E-state index contributed by atoms with van der Waals surface area (Å²) in [6.45, 7) is 1.45. The van der Waals surface area contributed by atoms with Gasteiger partial charge in [0.15, 0.2) is 0 Å². The summed E-state index contributed by atoms with van der Waals surface area (Å²) >= 11 is 3.34. The number of hydrogen-bond acceptors (Lipinski definition) is 3. The number of hydrogen-bond donors (Lipinski definition) is 1. The van der Waals surface area contributed by atoms with Crippen molar-refractivity contribution >= 4 is 15.9 Å². The highest BCUT2D eigenvalue weighted by molar-refractivity contribution is 9.10. The van der Waals surface area contributed by atoms with E-state index in [2.05, 4.69) is 25.9 Å². The van der Waals surface area contributed by atoms with Crippen LogP contribution in [0.15, 0.2) is 27.5 Å². The van der Waals surface area contributed by atoms with Gasteiger partial charge in [-0.2, -0.15) is 4.39 Å². The summed E-state index contributed by atoms with van der Waals surface area (Å²) < 4.78 is 19.0. The Morgan fingerprint density at radius 2 is 2.17 bits per heavy atom. The maximum atomic E-state index is 13.2. The SMILES string of the molecule is COc1ccc(-c2nc(C)c(F)c(=O)[nH]2)cc1Br. The van der Waals surface area contributed by atoms with Crippen LogP contribution in [0, 0.1) is 12.7 Å². The third-order valence-electron chi connectivity index (χ3n) is 2.45. The molecule has 0 spiro atoms. The largest absolute Gasteiger partial charge is 0.496 e. The summed E-state index contributed by atoms with van der Waals surface area (Å²) in [6.07, 6.45) is 0. The number of nitrogens with one attached hydrogen (secondary N) is 1. The number of H-pyrrole nitrogens is 1. The number of aromatic amines is 1. The lowest BCUT2D eigenvalue weighted by atomic mass is 10.2. The second-order valence-electron chi connectivity index (χ2n) is 3.66. The number of ether oxygens (including phenoxy) is 1. The topological polar surface area (TPSA) is 55.0 Å². The predicted molar refractivity (Wildman–Crippen MR) is 69.2 cm³/mol. The molecule has 18 heavy (non-hydrogen) atoms. The van der Waals surface area contributed by atoms with Gasteiger partial charge in [0.2, 0.25) is 5.82 Å². The van der Waals surface area contributed by atoms with E-state index in [1.165, 1.54) is 6.92 Å². The van der Waals surface area contributed by atoms with E-state index in [0.717, 1.165) is 4.47 Å². The maximum Gasteiger partial charge on any atom is 0.287 e. The molecule has 1 N–H and O–H groups in total. The van der Waals surface area contributed by atoms with Gasteiger partial charge in [-0.1, -0.05) is 0 Å². The van der Waals surface area contributed by atoms with E-state index in [1.807, 2.05) is 0 Å². The van der Waals surface area contributed by atoms with Gasteiger partial charge < -0.3 is 9.72 Å². The number of methoxy groups -OCH3 is 1. The monoisotopic (exact) mass is 312 g/mol. The highest BCUT2D eigenvalue weighted by Crippen LogP contribution is 2.28. The van der Waals surface area contributed by atoms with Gasteiger partial charge in [-0.05, 0) is 41.1 Å². The molecule has 0 aliphatic carbocycles. The highest BCUT2D eigenvalue weighted by Gasteiger charge is 2.10. The maximum absolute atomic E-state index is 13.2. The van der Waals surface area contributed by atoms with Crippen LogP contribution in [0.2, 0.25) is 0 Å². The van der Waals surface area contributed by atoms with Crippen LogP contribution in [-0.2, 0) is 0 Å². The Balaban J connectivity index is 2.56. The Morgan fingerprint density at radius 3 is 2.72 bits per heavy atom. The first kappa shape index (κ1) is 12.8. The lowest BCUT2D eigenvalue weighted by Crippen LogP contribution is -2.15. The van der Waals surface area contributed by atoms with E-state index in [0.29, 0.717) is 17.1 Å². The van der Waals surface area contributed by atoms with Gasteiger partial charge in [-0.25, -0.2) is 4.98 Å². The van der Waals surface area contributed by atoms with Crippen LogP contribution in [0.5, 0.6) is 5.75 Å². The van der Waals surface area contributed by atoms with Gasteiger partial charge in [-0.3, -0.25) is 4.79 Å². The predicted octanol–water partition coefficient (Wildman–Crippen LogP) is 2.66. The molecule has 0 atom stereocenters. The van der Waals surface area contributed by atoms with E-state index in [4.69, 9.17) is 4.74 Å². The number of nitrogens with zero attached hydrogens (tertiary/aromatic N) is 1. The summed E-state index contributed by atoms with van der Waals surface area (Å²) in [6, 6.07) is 5.21. The Labute approximate surface area is 111 Å². The second kappa shape index (κ2) is 4.89. The lowest BCUT2D eigenvalue weighted by molar-refractivity contribution is 0.412. The summed E-state index contributed by atoms with van der Waals surface area (Å²) in [5, 5.41) is 0. The van der Waals surface area contributed by atoms with E-state index >= 15 is 0 Å². The van der Waals surface area contributed by atoms with Crippen molar-refractivity contribution in [2.45, 2.75) is 6.92 Å². The van der Waals surface area contributed by atoms with Crippen LogP contribution in [0.4, 0.5) is 4.39 Å². The number of halogens is 2. The Kier molecular flexibility index (Phi) is 3.47. The smallest absolute Gasteiger partial charge is 0.287 e. The third-order valence-corrected chi connectivity index (χ3v) is 3.07. The van der Waals surface area contributed by atoms with Gasteiger partial charge in [0, 0.05) is 5.56 Å². The van der Waals surface area contributed by atoms with E-state index in [9.17, 15) is 9.18 Å². The number of aromatic nitrogens is 2. The van der Waals surface area contributed by atoms with E-state index in [-0.39, 0.29) is 5.69 Å². The van der Waals surface area contributed by atoms with Crippen LogP contribution in [-0.4, -0.2) is 17.1 Å². The van der Waals surface area contributed by atoms with Crippen molar-refractivity contribution in [1.82, 2.24) is 9.97 Å². The fourth-order valence-corrected chi connectivity index (χ4v) is 2.06. The van der Waals surface area contributed by atoms with Gasteiger partial charge in [0.05, 0.1) is 17.3 Å². The molecule has 0 fully saturated rings. The highest BCUT2D eigenvalue weighted by atomic mass is 79.9. The molecule has 1 aromatic carbocycles. The number of benzene rings is 1. The second-order valence-corrected chi connectivity index (χ2v) is 4.52. The van der Waals surface area contributed by atoms with Gasteiger partial charge in [-0.15, -0.1) is 0 Å². The Bertz CT molecular complexity index is 655. The minimum absolute atomic E-state index is 0.0701. The zero-order valence-corrected chi connectivity index (χ0v) is 11.3. The minimum atomic E-state index is -0.855. The van der Waals surface area contributed by atoms with Crippen molar-refractivity contribution in [2.75, 3.05) is 7.11 Å². The number of aryl methyl sites for hydroxylation is 1. The minimum Gasteiger partial charge on any atom is -0.496 e. The van der Waals surface area contributed by atoms with E-state index < -0.39 is 11.4 Å². The van der Waals surface area contributed by atoms with Gasteiger partial charge in [0.25, 0.3) is 5.56 Å². The molecular weight excluding hydrogens is 303 g/mol. The molecule has 0 saturated carbocycles. The normalized spacial score (nSPS) is 10.4. The van der Waals surface area contributed by atoms with Crippen molar-refractivity contribution in [3.8, 4) is 17.1 Å². The number of rotatable bonds is 2. The molecular formula is C12H10BrFN2O2. The molecule has 2 aromatic rings. The molecule has 0 radical (unpaired) electrons. The molecule has 0 bridgehead atoms. The third kappa shape index (κ3) is 2.28. The summed E-state index contributed by atoms with van der Waals surface area (Å²) in [7, 11) is 1.56. The molecule has 0 aliphatic heterocycles. The zero-order valence-electron chi connectivity index (χ0n) is 9.75. The summed E-state index contributed by atoms with van der Waals surface area (Å²) in [5.41, 5.74) is -0.0343. The average Bonchev–Trinajstić information content (AvgIpc) is 2.35. The standard InChI is InChI=1S/C12H10BrFN2O2/c1-6-10(14)12(17)16-11(15-6)7-3-4-9(18-2)8(13)5-7/h3-5H,1-2H3,(H,15,16,17). The first-order chi connectivity index (χ1) is 8.52. The van der Waals surface area contributed by atoms with Crippen molar-refractivity contribution in [3.05, 3.63) is 44.5 Å². The molecule has 2 rings (SSSR count). The summed E-state index contributed by atoms with van der Waals surface area (Å²) in [4.78, 5) is 17.7. The molecule has 1 heterocycles. The van der Waals surface area contributed by atoms with Gasteiger partial charge in [0.1, 0.15) is 11.6 Å². The Morgan fingerprint density at radius 1 is 1.44 bits per heavy atom. The van der Waals surface area contributed by atoms with Crippen LogP contribution in [0.3, 0.4) is 0 Å². The molecule has 1 aromatic heterocycles. The molecule has 0 saturated heterocycles. The zero-order chi connectivity index (χ0) is 13.3. The van der Waals surface area contributed by atoms with Gasteiger partial charge >= 0.3 is 0 Å². The van der Waals surface area contributed by atoms with Crippen molar-refractivity contribution in [2.24, 2.45) is 0 Å². The molecule has 6 heteroatoms. The van der Waals surface area contributed by atoms with Crippen LogP contribution in [0.25, 0.3) is 11.4 Å². The van der Waals surface area contributed by atoms with E-state index in [1.54, 1.807) is 25.3 Å². The molecule has 4 nitrogen and oxygen atoms in total. The van der Waals surface area contributed by atoms with Crippen molar-refractivity contribution in [1.29, 1.82) is 0 Å². The average molecular weight is 313 g/mol. The first-order valence-corrected chi connectivity index (χ1v) is 5.92. The first-order valence-electron chi connectivity index (χ1n) is 5.13. The van der Waals surface area contributed by atoms with Crippen LogP contribution < -0.4 is 10.3 Å². The Hall–Kier alpha value is -1.69. The fourth-order valence-electron chi connectivity index (χ4n) is 1.52. The molecule has 0 unspecified atom stereocenters. The van der Waals surface area contributed by atoms with Crippen LogP contribution >= 0.6 is 15.9 Å². The quantitative estimate of drug-likeness (QED) is 0.927. The summed E-state index contributed by atoms with van der Waals surface area (Å²) in [5.74, 6) is 0.133. The molecule has 0 aliphatic rings. The lowest BCUT2D eigenvalue weighted by Gasteiger charge is -2.06.